The molecule has 0 radical (unpaired) electrons. The van der Waals surface area contributed by atoms with Crippen molar-refractivity contribution in [1.82, 2.24) is 19.5 Å². The van der Waals surface area contributed by atoms with Crippen molar-refractivity contribution >= 4 is 28.7 Å². The highest BCUT2D eigenvalue weighted by molar-refractivity contribution is 6.33. The lowest BCUT2D eigenvalue weighted by molar-refractivity contribution is -0.0176. The van der Waals surface area contributed by atoms with Crippen LogP contribution in [0, 0.1) is 17.8 Å². The smallest absolute Gasteiger partial charge is 0.223 e. The summed E-state index contributed by atoms with van der Waals surface area (Å²) in [7, 11) is 0. The van der Waals surface area contributed by atoms with Gasteiger partial charge in [0.25, 0.3) is 0 Å². The van der Waals surface area contributed by atoms with Gasteiger partial charge >= 0.3 is 0 Å². The van der Waals surface area contributed by atoms with Crippen LogP contribution in [0.2, 0.25) is 5.15 Å². The van der Waals surface area contributed by atoms with Crippen molar-refractivity contribution in [2.24, 2.45) is 17.8 Å². The number of nitrogens with two attached hydrogens (primary N) is 1. The zero-order chi connectivity index (χ0) is 14.7. The molecule has 0 spiro atoms. The molecule has 112 valence electrons. The van der Waals surface area contributed by atoms with E-state index in [4.69, 9.17) is 22.1 Å². The zero-order valence-corrected chi connectivity index (χ0v) is 12.8. The standard InChI is InChI=1S/C14H18ClN5O/c1-6-3-7(2)11-8(6)4-9(21-11)20-5-17-10-12(15)18-14(16)19-13(10)20/h5-9,11H,3-4H2,1-2H3,(H2,16,18,19)/t6-,7-,8+,9?,11-/m1/s1. The molecule has 2 aromatic rings. The Hall–Kier alpha value is -1.40. The van der Waals surface area contributed by atoms with Crippen LogP contribution in [0.15, 0.2) is 6.33 Å². The highest BCUT2D eigenvalue weighted by Crippen LogP contribution is 2.49. The molecule has 4 rings (SSSR count). The Balaban J connectivity index is 1.72. The highest BCUT2D eigenvalue weighted by atomic mass is 35.5. The van der Waals surface area contributed by atoms with Gasteiger partial charge in [0.05, 0.1) is 12.4 Å². The highest BCUT2D eigenvalue weighted by Gasteiger charge is 2.47. The van der Waals surface area contributed by atoms with Gasteiger partial charge in [-0.1, -0.05) is 25.4 Å². The molecule has 3 heterocycles. The van der Waals surface area contributed by atoms with E-state index in [0.717, 1.165) is 6.42 Å². The van der Waals surface area contributed by atoms with E-state index in [9.17, 15) is 0 Å². The number of nitrogens with zero attached hydrogens (tertiary/aromatic N) is 4. The third-order valence-corrected chi connectivity index (χ3v) is 5.22. The summed E-state index contributed by atoms with van der Waals surface area (Å²) in [6.07, 6.45) is 4.25. The van der Waals surface area contributed by atoms with Gasteiger partial charge in [0.1, 0.15) is 11.7 Å². The van der Waals surface area contributed by atoms with Gasteiger partial charge in [-0.3, -0.25) is 4.57 Å². The second kappa shape index (κ2) is 4.55. The van der Waals surface area contributed by atoms with Crippen LogP contribution < -0.4 is 5.73 Å². The lowest BCUT2D eigenvalue weighted by Gasteiger charge is -2.17. The first kappa shape index (κ1) is 13.3. The zero-order valence-electron chi connectivity index (χ0n) is 12.0. The average molecular weight is 308 g/mol. The first-order chi connectivity index (χ1) is 10.0. The number of nitrogen functional groups attached to an aromatic ring is 1. The summed E-state index contributed by atoms with van der Waals surface area (Å²) >= 11 is 6.08. The van der Waals surface area contributed by atoms with Gasteiger partial charge in [0.2, 0.25) is 5.95 Å². The Morgan fingerprint density at radius 3 is 2.86 bits per heavy atom. The van der Waals surface area contributed by atoms with Gasteiger partial charge in [0.15, 0.2) is 10.8 Å². The predicted octanol–water partition coefficient (Wildman–Crippen LogP) is 2.64. The summed E-state index contributed by atoms with van der Waals surface area (Å²) in [5, 5.41) is 0.288. The van der Waals surface area contributed by atoms with Crippen LogP contribution in [0.5, 0.6) is 0 Å². The first-order valence-electron chi connectivity index (χ1n) is 7.35. The van der Waals surface area contributed by atoms with E-state index in [1.807, 2.05) is 4.57 Å². The number of ether oxygens (including phenoxy) is 1. The second-order valence-electron chi connectivity index (χ2n) is 6.34. The van der Waals surface area contributed by atoms with Crippen molar-refractivity contribution in [2.75, 3.05) is 5.73 Å². The lowest BCUT2D eigenvalue weighted by Crippen LogP contribution is -2.17. The number of anilines is 1. The molecule has 1 saturated carbocycles. The minimum absolute atomic E-state index is 0.0411. The topological polar surface area (TPSA) is 78.8 Å². The maximum atomic E-state index is 6.28. The molecule has 1 aliphatic carbocycles. The molecule has 1 aliphatic heterocycles. The van der Waals surface area contributed by atoms with Crippen LogP contribution in [0.1, 0.15) is 32.9 Å². The average Bonchev–Trinajstić information content (AvgIpc) is 3.06. The summed E-state index contributed by atoms with van der Waals surface area (Å²) in [5.41, 5.74) is 6.93. The molecule has 2 aliphatic rings. The molecule has 6 nitrogen and oxygen atoms in total. The van der Waals surface area contributed by atoms with Gasteiger partial charge in [0, 0.05) is 0 Å². The summed E-state index contributed by atoms with van der Waals surface area (Å²) in [6, 6.07) is 0. The Morgan fingerprint density at radius 1 is 1.29 bits per heavy atom. The van der Waals surface area contributed by atoms with Crippen LogP contribution >= 0.6 is 11.6 Å². The maximum Gasteiger partial charge on any atom is 0.223 e. The molecule has 7 heteroatoms. The molecule has 2 aromatic heterocycles. The molecule has 1 saturated heterocycles. The summed E-state index contributed by atoms with van der Waals surface area (Å²) in [5.74, 6) is 2.08. The molecule has 2 N–H and O–H groups in total. The SMILES string of the molecule is C[C@@H]1C[C@@H](C)[C@H]2OC(n3cnc4c(Cl)nc(N)nc43)C[C@H]21. The number of rotatable bonds is 1. The number of aromatic nitrogens is 4. The molecule has 2 fully saturated rings. The van der Waals surface area contributed by atoms with Crippen LogP contribution in [-0.2, 0) is 4.74 Å². The fourth-order valence-corrected chi connectivity index (χ4v) is 4.22. The molecule has 5 atom stereocenters. The molecule has 1 unspecified atom stereocenters. The summed E-state index contributed by atoms with van der Waals surface area (Å²) < 4.78 is 8.22. The Morgan fingerprint density at radius 2 is 2.10 bits per heavy atom. The number of hydrogen-bond acceptors (Lipinski definition) is 5. The van der Waals surface area contributed by atoms with Crippen LogP contribution in [0.25, 0.3) is 11.2 Å². The van der Waals surface area contributed by atoms with E-state index in [1.165, 1.54) is 6.42 Å². The molecular formula is C14H18ClN5O. The van der Waals surface area contributed by atoms with Crippen molar-refractivity contribution in [2.45, 2.75) is 39.0 Å². The first-order valence-corrected chi connectivity index (χ1v) is 7.73. The molecule has 0 amide bonds. The number of imidazole rings is 1. The largest absolute Gasteiger partial charge is 0.368 e. The molecule has 21 heavy (non-hydrogen) atoms. The van der Waals surface area contributed by atoms with Gasteiger partial charge in [-0.25, -0.2) is 4.98 Å². The Kier molecular flexibility index (Phi) is 2.87. The normalized spacial score (nSPS) is 35.5. The fraction of sp³-hybridized carbons (Fsp3) is 0.643. The Labute approximate surface area is 127 Å². The van der Waals surface area contributed by atoms with Crippen molar-refractivity contribution in [3.63, 3.8) is 0 Å². The van der Waals surface area contributed by atoms with Crippen molar-refractivity contribution in [3.8, 4) is 0 Å². The maximum absolute atomic E-state index is 6.28. The quantitative estimate of drug-likeness (QED) is 0.819. The summed E-state index contributed by atoms with van der Waals surface area (Å²) in [4.78, 5) is 12.5. The lowest BCUT2D eigenvalue weighted by atomic mass is 9.94. The van der Waals surface area contributed by atoms with Crippen LogP contribution in [0.3, 0.4) is 0 Å². The van der Waals surface area contributed by atoms with E-state index in [1.54, 1.807) is 6.33 Å². The monoisotopic (exact) mass is 307 g/mol. The minimum atomic E-state index is -0.0411. The third kappa shape index (κ3) is 1.92. The fourth-order valence-electron chi connectivity index (χ4n) is 4.00. The summed E-state index contributed by atoms with van der Waals surface area (Å²) in [6.45, 7) is 4.59. The van der Waals surface area contributed by atoms with Gasteiger partial charge < -0.3 is 10.5 Å². The molecule has 0 bridgehead atoms. The van der Waals surface area contributed by atoms with E-state index in [2.05, 4.69) is 28.8 Å². The van der Waals surface area contributed by atoms with E-state index < -0.39 is 0 Å². The second-order valence-corrected chi connectivity index (χ2v) is 6.70. The van der Waals surface area contributed by atoms with E-state index in [0.29, 0.717) is 35.0 Å². The minimum Gasteiger partial charge on any atom is -0.368 e. The van der Waals surface area contributed by atoms with Crippen LogP contribution in [-0.4, -0.2) is 25.6 Å². The number of fused-ring (bicyclic) bond motifs is 2. The molecule has 0 aromatic carbocycles. The van der Waals surface area contributed by atoms with E-state index in [-0.39, 0.29) is 17.3 Å². The predicted molar refractivity (Wildman–Crippen MR) is 79.7 cm³/mol. The van der Waals surface area contributed by atoms with Gasteiger partial charge in [-0.15, -0.1) is 0 Å². The van der Waals surface area contributed by atoms with Crippen molar-refractivity contribution in [3.05, 3.63) is 11.5 Å². The number of halogens is 1. The molecular weight excluding hydrogens is 290 g/mol. The van der Waals surface area contributed by atoms with Gasteiger partial charge in [-0.05, 0) is 30.6 Å². The Bertz CT molecular complexity index is 686. The van der Waals surface area contributed by atoms with Gasteiger partial charge in [-0.2, -0.15) is 9.97 Å². The number of hydrogen-bond donors (Lipinski definition) is 1. The van der Waals surface area contributed by atoms with Crippen molar-refractivity contribution < 1.29 is 4.74 Å². The van der Waals surface area contributed by atoms with Crippen molar-refractivity contribution in [1.29, 1.82) is 0 Å². The third-order valence-electron chi connectivity index (χ3n) is 4.95. The van der Waals surface area contributed by atoms with E-state index >= 15 is 0 Å². The van der Waals surface area contributed by atoms with Crippen LogP contribution in [0.4, 0.5) is 5.95 Å².